The number of carbonyl (C=O) groups excluding carboxylic acids is 3. The maximum atomic E-state index is 12.9. The predicted octanol–water partition coefficient (Wildman–Crippen LogP) is 20.6. The lowest BCUT2D eigenvalue weighted by molar-refractivity contribution is -0.167. The molecule has 0 fully saturated rings. The zero-order valence-electron chi connectivity index (χ0n) is 46.8. The number of carbonyl (C=O) groups is 3. The predicted molar refractivity (Wildman–Crippen MR) is 302 cm³/mol. The molecule has 6 heteroatoms. The average Bonchev–Trinajstić information content (AvgIpc) is 3.36. The first-order valence-electron chi connectivity index (χ1n) is 30.6. The van der Waals surface area contributed by atoms with E-state index in [-0.39, 0.29) is 31.1 Å². The number of esters is 3. The summed E-state index contributed by atoms with van der Waals surface area (Å²) in [5.41, 5.74) is 0. The van der Waals surface area contributed by atoms with Gasteiger partial charge in [0.2, 0.25) is 0 Å². The topological polar surface area (TPSA) is 78.9 Å². The Morgan fingerprint density at radius 1 is 0.286 bits per heavy atom. The number of hydrogen-bond acceptors (Lipinski definition) is 6. The normalized spacial score (nSPS) is 12.3. The number of rotatable bonds is 56. The van der Waals surface area contributed by atoms with E-state index in [0.29, 0.717) is 19.3 Å². The number of allylic oxidation sites excluding steroid dienone is 8. The molecule has 0 aliphatic carbocycles. The third-order valence-electron chi connectivity index (χ3n) is 13.6. The SMILES string of the molecule is CCCCCC/C=C\CCCCCCCC(=O)OCC(COC(=O)CCCCCCCC/C=C\C/C=C\C/C=C\CCCCCCC)OC(=O)CCCCCCCCCCCCCCCCCCCC. The lowest BCUT2D eigenvalue weighted by Crippen LogP contribution is -2.30. The first-order valence-corrected chi connectivity index (χ1v) is 30.6. The third kappa shape index (κ3) is 56.3. The summed E-state index contributed by atoms with van der Waals surface area (Å²) in [5.74, 6) is -0.881. The van der Waals surface area contributed by atoms with E-state index in [1.807, 2.05) is 0 Å². The van der Waals surface area contributed by atoms with E-state index < -0.39 is 6.10 Å². The molecule has 1 atom stereocenters. The van der Waals surface area contributed by atoms with Gasteiger partial charge in [0.05, 0.1) is 0 Å². The van der Waals surface area contributed by atoms with Crippen LogP contribution in [0.1, 0.15) is 323 Å². The second-order valence-electron chi connectivity index (χ2n) is 20.6. The Bertz CT molecular complexity index is 1220. The van der Waals surface area contributed by atoms with Crippen LogP contribution in [0, 0.1) is 0 Å². The molecule has 70 heavy (non-hydrogen) atoms. The van der Waals surface area contributed by atoms with Gasteiger partial charge < -0.3 is 14.2 Å². The molecular weight excluding hydrogens is 865 g/mol. The highest BCUT2D eigenvalue weighted by molar-refractivity contribution is 5.71. The van der Waals surface area contributed by atoms with E-state index >= 15 is 0 Å². The number of hydrogen-bond donors (Lipinski definition) is 0. The van der Waals surface area contributed by atoms with Crippen LogP contribution >= 0.6 is 0 Å². The fraction of sp³-hybridized carbons (Fsp3) is 0.828. The van der Waals surface area contributed by atoms with Crippen molar-refractivity contribution < 1.29 is 28.6 Å². The van der Waals surface area contributed by atoms with Crippen LogP contribution in [-0.4, -0.2) is 37.2 Å². The highest BCUT2D eigenvalue weighted by Gasteiger charge is 2.19. The van der Waals surface area contributed by atoms with E-state index in [9.17, 15) is 14.4 Å². The second kappa shape index (κ2) is 58.9. The molecule has 1 unspecified atom stereocenters. The fourth-order valence-corrected chi connectivity index (χ4v) is 8.92. The van der Waals surface area contributed by atoms with Gasteiger partial charge in [-0.2, -0.15) is 0 Å². The van der Waals surface area contributed by atoms with E-state index in [0.717, 1.165) is 83.5 Å². The third-order valence-corrected chi connectivity index (χ3v) is 13.6. The van der Waals surface area contributed by atoms with Crippen LogP contribution in [-0.2, 0) is 28.6 Å². The fourth-order valence-electron chi connectivity index (χ4n) is 8.92. The Balaban J connectivity index is 4.35. The molecule has 0 spiro atoms. The monoisotopic (exact) mass is 981 g/mol. The van der Waals surface area contributed by atoms with Crippen molar-refractivity contribution in [1.82, 2.24) is 0 Å². The van der Waals surface area contributed by atoms with Crippen LogP contribution in [0.15, 0.2) is 48.6 Å². The summed E-state index contributed by atoms with van der Waals surface area (Å²) in [6.45, 7) is 6.64. The Kier molecular flexibility index (Phi) is 56.7. The Morgan fingerprint density at radius 2 is 0.514 bits per heavy atom. The molecule has 0 aromatic rings. The van der Waals surface area contributed by atoms with Crippen molar-refractivity contribution in [3.05, 3.63) is 48.6 Å². The standard InChI is InChI=1S/C64H116O6/c1-4-7-10-13-16-19-22-25-27-29-31-32-33-35-36-39-42-45-48-51-54-57-63(66)69-60-61(59-68-62(65)56-53-50-47-44-41-38-24-21-18-15-12-9-6-3)70-64(67)58-55-52-49-46-43-40-37-34-30-28-26-23-20-17-14-11-8-5-2/h21-22,24-25,29,31,33,35,61H,4-20,23,26-28,30,32,34,36-60H2,1-3H3/b24-21-,25-22-,31-29-,35-33-. The first-order chi connectivity index (χ1) is 34.5. The van der Waals surface area contributed by atoms with Crippen LogP contribution in [0.25, 0.3) is 0 Å². The molecule has 0 aromatic carbocycles. The van der Waals surface area contributed by atoms with Gasteiger partial charge in [-0.3, -0.25) is 14.4 Å². The summed E-state index contributed by atoms with van der Waals surface area (Å²) >= 11 is 0. The minimum atomic E-state index is -0.780. The quantitative estimate of drug-likeness (QED) is 0.0261. The molecule has 0 radical (unpaired) electrons. The van der Waals surface area contributed by atoms with Gasteiger partial charge in [0.1, 0.15) is 13.2 Å². The zero-order chi connectivity index (χ0) is 50.7. The van der Waals surface area contributed by atoms with E-state index in [4.69, 9.17) is 14.2 Å². The number of unbranched alkanes of at least 4 members (excludes halogenated alkanes) is 37. The maximum absolute atomic E-state index is 12.9. The average molecular weight is 982 g/mol. The molecule has 0 aliphatic rings. The molecule has 0 N–H and O–H groups in total. The summed E-state index contributed by atoms with van der Waals surface area (Å²) in [4.78, 5) is 38.2. The highest BCUT2D eigenvalue weighted by atomic mass is 16.6. The summed E-state index contributed by atoms with van der Waals surface area (Å²) in [6, 6.07) is 0. The molecule has 0 saturated heterocycles. The van der Waals surface area contributed by atoms with Crippen molar-refractivity contribution in [1.29, 1.82) is 0 Å². The summed E-state index contributed by atoms with van der Waals surface area (Å²) < 4.78 is 16.9. The van der Waals surface area contributed by atoms with E-state index in [2.05, 4.69) is 69.4 Å². The van der Waals surface area contributed by atoms with Crippen molar-refractivity contribution in [2.75, 3.05) is 13.2 Å². The van der Waals surface area contributed by atoms with Gasteiger partial charge >= 0.3 is 17.9 Å². The van der Waals surface area contributed by atoms with E-state index in [1.165, 1.54) is 199 Å². The van der Waals surface area contributed by atoms with Gasteiger partial charge in [-0.15, -0.1) is 0 Å². The van der Waals surface area contributed by atoms with Gasteiger partial charge in [-0.1, -0.05) is 268 Å². The van der Waals surface area contributed by atoms with Crippen molar-refractivity contribution in [2.24, 2.45) is 0 Å². The molecule has 0 amide bonds. The lowest BCUT2D eigenvalue weighted by atomic mass is 10.0. The largest absolute Gasteiger partial charge is 0.462 e. The van der Waals surface area contributed by atoms with Gasteiger partial charge in [0, 0.05) is 19.3 Å². The zero-order valence-corrected chi connectivity index (χ0v) is 46.8. The van der Waals surface area contributed by atoms with Crippen LogP contribution in [0.5, 0.6) is 0 Å². The Hall–Kier alpha value is -2.63. The Morgan fingerprint density at radius 3 is 0.829 bits per heavy atom. The molecule has 0 aliphatic heterocycles. The van der Waals surface area contributed by atoms with E-state index in [1.54, 1.807) is 0 Å². The smallest absolute Gasteiger partial charge is 0.306 e. The van der Waals surface area contributed by atoms with Crippen LogP contribution in [0.3, 0.4) is 0 Å². The van der Waals surface area contributed by atoms with Crippen molar-refractivity contribution in [3.8, 4) is 0 Å². The maximum Gasteiger partial charge on any atom is 0.306 e. The summed E-state index contributed by atoms with van der Waals surface area (Å²) in [6.07, 6.45) is 72.5. The van der Waals surface area contributed by atoms with Crippen LogP contribution < -0.4 is 0 Å². The van der Waals surface area contributed by atoms with Gasteiger partial charge in [0.15, 0.2) is 6.10 Å². The lowest BCUT2D eigenvalue weighted by Gasteiger charge is -2.18. The summed E-state index contributed by atoms with van der Waals surface area (Å²) in [7, 11) is 0. The second-order valence-corrected chi connectivity index (χ2v) is 20.6. The number of ether oxygens (including phenoxy) is 3. The van der Waals surface area contributed by atoms with Crippen molar-refractivity contribution in [2.45, 2.75) is 329 Å². The molecule has 0 bridgehead atoms. The molecule has 0 heterocycles. The first kappa shape index (κ1) is 67.4. The molecule has 6 nitrogen and oxygen atoms in total. The van der Waals surface area contributed by atoms with Crippen LogP contribution in [0.2, 0.25) is 0 Å². The molecule has 0 saturated carbocycles. The highest BCUT2D eigenvalue weighted by Crippen LogP contribution is 2.17. The minimum absolute atomic E-state index is 0.0788. The van der Waals surface area contributed by atoms with Gasteiger partial charge in [-0.05, 0) is 83.5 Å². The van der Waals surface area contributed by atoms with Crippen molar-refractivity contribution in [3.63, 3.8) is 0 Å². The van der Waals surface area contributed by atoms with Gasteiger partial charge in [-0.25, -0.2) is 0 Å². The minimum Gasteiger partial charge on any atom is -0.462 e. The molecular formula is C64H116O6. The van der Waals surface area contributed by atoms with Crippen molar-refractivity contribution >= 4 is 17.9 Å². The molecule has 0 rings (SSSR count). The molecule has 408 valence electrons. The van der Waals surface area contributed by atoms with Crippen LogP contribution in [0.4, 0.5) is 0 Å². The molecule has 0 aromatic heterocycles. The van der Waals surface area contributed by atoms with Gasteiger partial charge in [0.25, 0.3) is 0 Å². The summed E-state index contributed by atoms with van der Waals surface area (Å²) in [5, 5.41) is 0. The Labute approximate surface area is 435 Å².